The molecule has 0 spiro atoms. The zero-order valence-corrected chi connectivity index (χ0v) is 19.2. The fourth-order valence-corrected chi connectivity index (χ4v) is 5.51. The number of hydrogen-bond acceptors (Lipinski definition) is 3. The SMILES string of the molecule is N#Cc1cc(-n2c3c(c4ccccc42)C=CNC3)cc(-n2c3ccccc3c3cc(C#N)ccc32)c1. The minimum absolute atomic E-state index is 0.591. The van der Waals surface area contributed by atoms with Crippen molar-refractivity contribution >= 4 is 38.8 Å². The first kappa shape index (κ1) is 20.1. The number of nitriles is 2. The zero-order valence-electron chi connectivity index (χ0n) is 19.2. The normalized spacial score (nSPS) is 12.4. The lowest BCUT2D eigenvalue weighted by Crippen LogP contribution is -2.14. The molecule has 6 aromatic rings. The van der Waals surface area contributed by atoms with E-state index in [1.807, 2.05) is 48.7 Å². The van der Waals surface area contributed by atoms with Gasteiger partial charge in [0.15, 0.2) is 0 Å². The molecule has 3 heterocycles. The van der Waals surface area contributed by atoms with E-state index in [-0.39, 0.29) is 0 Å². The molecule has 168 valence electrons. The molecule has 1 aliphatic heterocycles. The van der Waals surface area contributed by atoms with Crippen LogP contribution in [-0.4, -0.2) is 9.13 Å². The summed E-state index contributed by atoms with van der Waals surface area (Å²) in [5, 5.41) is 26.1. The van der Waals surface area contributed by atoms with Crippen LogP contribution in [-0.2, 0) is 6.54 Å². The molecule has 1 aliphatic rings. The summed E-state index contributed by atoms with van der Waals surface area (Å²) in [5.74, 6) is 0. The molecule has 0 aliphatic carbocycles. The Hall–Kier alpha value is -5.26. The molecule has 0 amide bonds. The monoisotopic (exact) mass is 461 g/mol. The summed E-state index contributed by atoms with van der Waals surface area (Å²) in [6.07, 6.45) is 4.11. The molecule has 7 rings (SSSR count). The van der Waals surface area contributed by atoms with E-state index in [4.69, 9.17) is 0 Å². The largest absolute Gasteiger partial charge is 0.385 e. The third kappa shape index (κ3) is 2.81. The predicted octanol–water partition coefficient (Wildman–Crippen LogP) is 6.54. The molecule has 0 unspecified atom stereocenters. The Morgan fingerprint density at radius 1 is 0.639 bits per heavy atom. The van der Waals surface area contributed by atoms with Crippen molar-refractivity contribution < 1.29 is 0 Å². The van der Waals surface area contributed by atoms with Crippen LogP contribution in [0.1, 0.15) is 22.4 Å². The molecule has 0 fully saturated rings. The fraction of sp³-hybridized carbons (Fsp3) is 0.0323. The van der Waals surface area contributed by atoms with Crippen LogP contribution >= 0.6 is 0 Å². The molecule has 5 nitrogen and oxygen atoms in total. The lowest BCUT2D eigenvalue weighted by molar-refractivity contribution is 0.802. The van der Waals surface area contributed by atoms with Crippen molar-refractivity contribution in [3.63, 3.8) is 0 Å². The van der Waals surface area contributed by atoms with Crippen LogP contribution < -0.4 is 5.32 Å². The van der Waals surface area contributed by atoms with Gasteiger partial charge in [-0.15, -0.1) is 0 Å². The van der Waals surface area contributed by atoms with Gasteiger partial charge in [-0.3, -0.25) is 0 Å². The van der Waals surface area contributed by atoms with Crippen molar-refractivity contribution in [2.24, 2.45) is 0 Å². The predicted molar refractivity (Wildman–Crippen MR) is 143 cm³/mol. The number of fused-ring (bicyclic) bond motifs is 6. The number of hydrogen-bond donors (Lipinski definition) is 1. The van der Waals surface area contributed by atoms with Gasteiger partial charge in [0.25, 0.3) is 0 Å². The highest BCUT2D eigenvalue weighted by atomic mass is 15.0. The summed E-state index contributed by atoms with van der Waals surface area (Å²) >= 11 is 0. The molecule has 0 bridgehead atoms. The van der Waals surface area contributed by atoms with Crippen LogP contribution in [0.15, 0.2) is 91.1 Å². The van der Waals surface area contributed by atoms with Gasteiger partial charge in [-0.2, -0.15) is 10.5 Å². The van der Waals surface area contributed by atoms with Crippen LogP contribution in [0, 0.1) is 22.7 Å². The Balaban J connectivity index is 1.56. The maximum atomic E-state index is 10.0. The highest BCUT2D eigenvalue weighted by Crippen LogP contribution is 2.36. The number of benzene rings is 4. The molecular formula is C31H19N5. The van der Waals surface area contributed by atoms with Gasteiger partial charge in [-0.25, -0.2) is 0 Å². The number of rotatable bonds is 2. The van der Waals surface area contributed by atoms with Crippen LogP contribution in [0.5, 0.6) is 0 Å². The van der Waals surface area contributed by atoms with Gasteiger partial charge < -0.3 is 14.5 Å². The molecule has 1 N–H and O–H groups in total. The van der Waals surface area contributed by atoms with E-state index in [9.17, 15) is 10.5 Å². The van der Waals surface area contributed by atoms with Crippen LogP contribution in [0.2, 0.25) is 0 Å². The van der Waals surface area contributed by atoms with Gasteiger partial charge >= 0.3 is 0 Å². The van der Waals surface area contributed by atoms with Gasteiger partial charge in [0.1, 0.15) is 0 Å². The Labute approximate surface area is 207 Å². The second-order valence-corrected chi connectivity index (χ2v) is 8.97. The molecule has 0 radical (unpaired) electrons. The molecule has 0 atom stereocenters. The molecule has 36 heavy (non-hydrogen) atoms. The Bertz CT molecular complexity index is 1970. The van der Waals surface area contributed by atoms with Gasteiger partial charge in [-0.1, -0.05) is 36.4 Å². The van der Waals surface area contributed by atoms with Crippen LogP contribution in [0.25, 0.3) is 50.2 Å². The molecule has 5 heteroatoms. The average Bonchev–Trinajstić information content (AvgIpc) is 3.45. The summed E-state index contributed by atoms with van der Waals surface area (Å²) in [6.45, 7) is 0.707. The van der Waals surface area contributed by atoms with Crippen molar-refractivity contribution in [1.82, 2.24) is 14.5 Å². The molecule has 4 aromatic carbocycles. The van der Waals surface area contributed by atoms with Crippen molar-refractivity contribution in [2.45, 2.75) is 6.54 Å². The number of nitrogens with one attached hydrogen (secondary N) is 1. The van der Waals surface area contributed by atoms with Gasteiger partial charge in [0.2, 0.25) is 0 Å². The minimum atomic E-state index is 0.591. The number of nitrogens with zero attached hydrogens (tertiary/aromatic N) is 4. The first-order valence-electron chi connectivity index (χ1n) is 11.8. The van der Waals surface area contributed by atoms with Gasteiger partial charge in [-0.05, 0) is 60.8 Å². The smallest absolute Gasteiger partial charge is 0.0993 e. The molecular weight excluding hydrogens is 442 g/mol. The van der Waals surface area contributed by atoms with Crippen molar-refractivity contribution in [2.75, 3.05) is 0 Å². The van der Waals surface area contributed by atoms with E-state index < -0.39 is 0 Å². The standard InChI is InChI=1S/C31H19N5/c32-17-20-9-10-30-27(15-20)25-6-2-4-8-29(25)35(30)22-13-21(18-33)14-23(16-22)36-28-7-3-1-5-24(28)26-11-12-34-19-31(26)36/h1-16,34H,19H2. The third-order valence-corrected chi connectivity index (χ3v) is 7.00. The highest BCUT2D eigenvalue weighted by molar-refractivity contribution is 6.09. The Morgan fingerprint density at radius 3 is 2.08 bits per heavy atom. The Morgan fingerprint density at radius 2 is 1.31 bits per heavy atom. The summed E-state index contributed by atoms with van der Waals surface area (Å²) in [4.78, 5) is 0. The summed E-state index contributed by atoms with van der Waals surface area (Å²) < 4.78 is 4.44. The third-order valence-electron chi connectivity index (χ3n) is 7.00. The van der Waals surface area contributed by atoms with E-state index in [0.717, 1.165) is 38.7 Å². The fourth-order valence-electron chi connectivity index (χ4n) is 5.51. The van der Waals surface area contributed by atoms with Crippen LogP contribution in [0.3, 0.4) is 0 Å². The second-order valence-electron chi connectivity index (χ2n) is 8.97. The van der Waals surface area contributed by atoms with E-state index in [2.05, 4.69) is 75.1 Å². The average molecular weight is 462 g/mol. The van der Waals surface area contributed by atoms with Gasteiger partial charge in [0, 0.05) is 33.1 Å². The highest BCUT2D eigenvalue weighted by Gasteiger charge is 2.20. The molecule has 0 saturated carbocycles. The van der Waals surface area contributed by atoms with E-state index >= 15 is 0 Å². The van der Waals surface area contributed by atoms with Crippen LogP contribution in [0.4, 0.5) is 0 Å². The van der Waals surface area contributed by atoms with Crippen molar-refractivity contribution in [1.29, 1.82) is 10.5 Å². The van der Waals surface area contributed by atoms with Gasteiger partial charge in [0.05, 0.1) is 52.1 Å². The summed E-state index contributed by atoms with van der Waals surface area (Å²) in [5.41, 5.74) is 8.58. The van der Waals surface area contributed by atoms with E-state index in [0.29, 0.717) is 17.7 Å². The maximum Gasteiger partial charge on any atom is 0.0993 e. The lowest BCUT2D eigenvalue weighted by atomic mass is 10.1. The van der Waals surface area contributed by atoms with Crippen molar-refractivity contribution in [3.8, 4) is 23.5 Å². The molecule has 0 saturated heterocycles. The molecule has 2 aromatic heterocycles. The first-order valence-corrected chi connectivity index (χ1v) is 11.8. The first-order chi connectivity index (χ1) is 17.8. The van der Waals surface area contributed by atoms with E-state index in [1.165, 1.54) is 16.6 Å². The lowest BCUT2D eigenvalue weighted by Gasteiger charge is -2.17. The summed E-state index contributed by atoms with van der Waals surface area (Å²) in [6, 6.07) is 33.0. The number of aromatic nitrogens is 2. The van der Waals surface area contributed by atoms with Crippen molar-refractivity contribution in [3.05, 3.63) is 114 Å². The number of para-hydroxylation sites is 2. The summed E-state index contributed by atoms with van der Waals surface area (Å²) in [7, 11) is 0. The second kappa shape index (κ2) is 7.63. The van der Waals surface area contributed by atoms with E-state index in [1.54, 1.807) is 0 Å². The topological polar surface area (TPSA) is 69.5 Å². The quantitative estimate of drug-likeness (QED) is 0.318. The maximum absolute atomic E-state index is 10.0. The Kier molecular flexibility index (Phi) is 4.27. The zero-order chi connectivity index (χ0) is 24.2. The minimum Gasteiger partial charge on any atom is -0.385 e.